The van der Waals surface area contributed by atoms with Gasteiger partial charge < -0.3 is 14.2 Å². The molecule has 6 heteroatoms. The lowest BCUT2D eigenvalue weighted by atomic mass is 10.1. The van der Waals surface area contributed by atoms with Crippen LogP contribution in [0.15, 0.2) is 97.2 Å². The molecule has 6 nitrogen and oxygen atoms in total. The maximum Gasteiger partial charge on any atom is 0.306 e. The van der Waals surface area contributed by atoms with Crippen LogP contribution in [-0.2, 0) is 28.6 Å². The maximum absolute atomic E-state index is 12.7. The van der Waals surface area contributed by atoms with Gasteiger partial charge in [0, 0.05) is 19.3 Å². The Hall–Kier alpha value is -3.67. The number of esters is 3. The second-order valence-electron chi connectivity index (χ2n) is 15.3. The number of carbonyl (C=O) groups excluding carboxylic acids is 3. The highest BCUT2D eigenvalue weighted by atomic mass is 16.6. The fraction of sp³-hybridized carbons (Fsp3) is 0.642. The summed E-state index contributed by atoms with van der Waals surface area (Å²) < 4.78 is 16.6. The van der Waals surface area contributed by atoms with E-state index in [9.17, 15) is 14.4 Å². The van der Waals surface area contributed by atoms with Crippen molar-refractivity contribution in [2.75, 3.05) is 13.2 Å². The van der Waals surface area contributed by atoms with E-state index in [1.165, 1.54) is 38.5 Å². The van der Waals surface area contributed by atoms with Crippen LogP contribution in [0.1, 0.15) is 201 Å². The van der Waals surface area contributed by atoms with Crippen LogP contribution in [0.25, 0.3) is 0 Å². The average Bonchev–Trinajstić information content (AvgIpc) is 3.23. The fourth-order valence-corrected chi connectivity index (χ4v) is 6.07. The van der Waals surface area contributed by atoms with Crippen LogP contribution in [-0.4, -0.2) is 37.2 Å². The van der Waals surface area contributed by atoms with Crippen molar-refractivity contribution in [2.45, 2.75) is 207 Å². The minimum absolute atomic E-state index is 0.1000. The number of allylic oxidation sites excluding steroid dienone is 16. The van der Waals surface area contributed by atoms with Gasteiger partial charge in [-0.25, -0.2) is 0 Å². The fourth-order valence-electron chi connectivity index (χ4n) is 6.07. The SMILES string of the molecule is CC/C=C\C/C=C\C/C=C\C/C=C\CCCCCCCCC(=O)OCC(COC(=O)CCCCCCCCC)OC(=O)CCCC/C=C\C/C=C\C/C=C\C/C=C\CC. The van der Waals surface area contributed by atoms with Crippen LogP contribution in [0, 0.1) is 0 Å². The zero-order valence-corrected chi connectivity index (χ0v) is 38.0. The first-order chi connectivity index (χ1) is 29.0. The first kappa shape index (κ1) is 55.3. The average molecular weight is 819 g/mol. The van der Waals surface area contributed by atoms with Gasteiger partial charge in [0.25, 0.3) is 0 Å². The lowest BCUT2D eigenvalue weighted by molar-refractivity contribution is -0.167. The summed E-state index contributed by atoms with van der Waals surface area (Å²) in [5, 5.41) is 0. The Morgan fingerprint density at radius 1 is 0.356 bits per heavy atom. The maximum atomic E-state index is 12.7. The first-order valence-corrected chi connectivity index (χ1v) is 23.7. The molecule has 0 aromatic carbocycles. The second-order valence-corrected chi connectivity index (χ2v) is 15.3. The normalized spacial score (nSPS) is 12.9. The van der Waals surface area contributed by atoms with Crippen LogP contribution >= 0.6 is 0 Å². The van der Waals surface area contributed by atoms with Crippen molar-refractivity contribution in [3.63, 3.8) is 0 Å². The molecule has 0 amide bonds. The molecule has 334 valence electrons. The van der Waals surface area contributed by atoms with Gasteiger partial charge in [-0.2, -0.15) is 0 Å². The van der Waals surface area contributed by atoms with E-state index in [0.717, 1.165) is 116 Å². The Morgan fingerprint density at radius 3 is 1.07 bits per heavy atom. The highest BCUT2D eigenvalue weighted by Crippen LogP contribution is 2.12. The molecule has 0 aromatic heterocycles. The third-order valence-corrected chi connectivity index (χ3v) is 9.58. The number of rotatable bonds is 41. The molecule has 0 fully saturated rings. The summed E-state index contributed by atoms with van der Waals surface area (Å²) in [6, 6.07) is 0. The zero-order chi connectivity index (χ0) is 43.0. The Morgan fingerprint density at radius 2 is 0.661 bits per heavy atom. The minimum Gasteiger partial charge on any atom is -0.462 e. The van der Waals surface area contributed by atoms with E-state index >= 15 is 0 Å². The summed E-state index contributed by atoms with van der Waals surface area (Å²) in [6.45, 7) is 6.30. The van der Waals surface area contributed by atoms with Crippen molar-refractivity contribution < 1.29 is 28.6 Å². The molecule has 0 saturated heterocycles. The molecule has 0 heterocycles. The molecule has 0 rings (SSSR count). The largest absolute Gasteiger partial charge is 0.462 e. The lowest BCUT2D eigenvalue weighted by Crippen LogP contribution is -2.30. The van der Waals surface area contributed by atoms with Crippen LogP contribution in [0.4, 0.5) is 0 Å². The number of hydrogen-bond donors (Lipinski definition) is 0. The first-order valence-electron chi connectivity index (χ1n) is 23.7. The smallest absolute Gasteiger partial charge is 0.306 e. The lowest BCUT2D eigenvalue weighted by Gasteiger charge is -2.18. The molecule has 0 N–H and O–H groups in total. The van der Waals surface area contributed by atoms with Crippen LogP contribution < -0.4 is 0 Å². The summed E-state index contributed by atoms with van der Waals surface area (Å²) in [4.78, 5) is 37.7. The van der Waals surface area contributed by atoms with Gasteiger partial charge in [0.15, 0.2) is 6.10 Å². The van der Waals surface area contributed by atoms with Gasteiger partial charge in [-0.1, -0.05) is 182 Å². The highest BCUT2D eigenvalue weighted by molar-refractivity contribution is 5.71. The van der Waals surface area contributed by atoms with Crippen molar-refractivity contribution in [1.29, 1.82) is 0 Å². The third kappa shape index (κ3) is 45.3. The second kappa shape index (κ2) is 47.0. The van der Waals surface area contributed by atoms with E-state index in [0.29, 0.717) is 19.3 Å². The van der Waals surface area contributed by atoms with E-state index in [2.05, 4.69) is 118 Å². The molecule has 0 aromatic rings. The molecule has 0 spiro atoms. The van der Waals surface area contributed by atoms with Crippen molar-refractivity contribution in [3.05, 3.63) is 97.2 Å². The molecular weight excluding hydrogens is 733 g/mol. The van der Waals surface area contributed by atoms with Crippen molar-refractivity contribution in [2.24, 2.45) is 0 Å². The molecule has 0 saturated carbocycles. The van der Waals surface area contributed by atoms with E-state index in [4.69, 9.17) is 14.2 Å². The van der Waals surface area contributed by atoms with Gasteiger partial charge in [-0.3, -0.25) is 14.4 Å². The van der Waals surface area contributed by atoms with Crippen molar-refractivity contribution in [3.8, 4) is 0 Å². The van der Waals surface area contributed by atoms with Crippen LogP contribution in [0.3, 0.4) is 0 Å². The summed E-state index contributed by atoms with van der Waals surface area (Å²) in [5.41, 5.74) is 0. The number of carbonyl (C=O) groups is 3. The topological polar surface area (TPSA) is 78.9 Å². The van der Waals surface area contributed by atoms with Crippen molar-refractivity contribution in [1.82, 2.24) is 0 Å². The Balaban J connectivity index is 4.39. The van der Waals surface area contributed by atoms with Gasteiger partial charge in [-0.05, 0) is 96.3 Å². The third-order valence-electron chi connectivity index (χ3n) is 9.58. The van der Waals surface area contributed by atoms with Gasteiger partial charge in [0.1, 0.15) is 13.2 Å². The summed E-state index contributed by atoms with van der Waals surface area (Å²) in [5.74, 6) is -0.971. The molecule has 0 radical (unpaired) electrons. The number of hydrogen-bond acceptors (Lipinski definition) is 6. The minimum atomic E-state index is -0.802. The van der Waals surface area contributed by atoms with E-state index in [1.807, 2.05) is 0 Å². The molecule has 59 heavy (non-hydrogen) atoms. The van der Waals surface area contributed by atoms with E-state index in [1.54, 1.807) is 0 Å². The summed E-state index contributed by atoms with van der Waals surface area (Å²) in [6.07, 6.45) is 61.2. The molecule has 0 bridgehead atoms. The monoisotopic (exact) mass is 819 g/mol. The quantitative estimate of drug-likeness (QED) is 0.0265. The molecule has 0 aliphatic heterocycles. The number of unbranched alkanes of at least 4 members (excludes halogenated alkanes) is 14. The zero-order valence-electron chi connectivity index (χ0n) is 38.0. The standard InChI is InChI=1S/C53H86O6/c1-4-7-10-13-16-18-20-22-24-25-26-27-29-30-32-34-37-40-43-46-52(55)58-49-50(48-57-51(54)45-42-39-36-15-12-9-6-3)59-53(56)47-44-41-38-35-33-31-28-23-21-19-17-14-11-8-5-2/h7-8,10-11,16-19,22-24,26-28,33,35,50H,4-6,9,12-15,20-21,25,29-32,34,36-49H2,1-3H3/b10-7-,11-8-,18-16-,19-17-,24-22-,27-26-,28-23-,35-33-. The predicted octanol–water partition coefficient (Wildman–Crippen LogP) is 15.4. The van der Waals surface area contributed by atoms with Crippen LogP contribution in [0.2, 0.25) is 0 Å². The van der Waals surface area contributed by atoms with E-state index < -0.39 is 6.10 Å². The predicted molar refractivity (Wildman–Crippen MR) is 251 cm³/mol. The Labute approximate surface area is 362 Å². The van der Waals surface area contributed by atoms with Gasteiger partial charge >= 0.3 is 17.9 Å². The Bertz CT molecular complexity index is 1220. The summed E-state index contributed by atoms with van der Waals surface area (Å²) in [7, 11) is 0. The van der Waals surface area contributed by atoms with Crippen molar-refractivity contribution >= 4 is 17.9 Å². The van der Waals surface area contributed by atoms with Crippen LogP contribution in [0.5, 0.6) is 0 Å². The highest BCUT2D eigenvalue weighted by Gasteiger charge is 2.19. The number of ether oxygens (including phenoxy) is 3. The van der Waals surface area contributed by atoms with Gasteiger partial charge in [-0.15, -0.1) is 0 Å². The molecular formula is C53H86O6. The molecule has 0 aliphatic carbocycles. The molecule has 1 unspecified atom stereocenters. The molecule has 0 aliphatic rings. The summed E-state index contributed by atoms with van der Waals surface area (Å²) >= 11 is 0. The van der Waals surface area contributed by atoms with Gasteiger partial charge in [0.2, 0.25) is 0 Å². The van der Waals surface area contributed by atoms with E-state index in [-0.39, 0.29) is 37.5 Å². The Kier molecular flexibility index (Phi) is 44.1. The molecule has 1 atom stereocenters. The van der Waals surface area contributed by atoms with Gasteiger partial charge in [0.05, 0.1) is 0 Å².